The van der Waals surface area contributed by atoms with Crippen molar-refractivity contribution in [2.24, 2.45) is 0 Å². The van der Waals surface area contributed by atoms with Gasteiger partial charge in [0.1, 0.15) is 0 Å². The van der Waals surface area contributed by atoms with E-state index in [0.29, 0.717) is 482 Å². The lowest BCUT2D eigenvalue weighted by Gasteiger charge is -2.14. The summed E-state index contributed by atoms with van der Waals surface area (Å²) in [4.78, 5) is 61.5. The Hall–Kier alpha value is -2.18. The van der Waals surface area contributed by atoms with Gasteiger partial charge in [-0.1, -0.05) is 77.3 Å². The van der Waals surface area contributed by atoms with Crippen LogP contribution in [-0.2, 0) is 199 Å². The predicted molar refractivity (Wildman–Crippen MR) is 574 cm³/mol. The summed E-state index contributed by atoms with van der Waals surface area (Å²) < 4.78 is 203. The molecule has 149 heavy (non-hydrogen) atoms. The molecule has 5 amide bonds. The third-order valence-electron chi connectivity index (χ3n) is 17.7. The maximum Gasteiger partial charge on any atom is 0.242 e. The topological polar surface area (TPSA) is 466 Å². The third-order valence-corrected chi connectivity index (χ3v) is 21.3. The van der Waals surface area contributed by atoms with E-state index in [0.717, 1.165) is 0 Å². The summed E-state index contributed by atoms with van der Waals surface area (Å²) >= 11 is 1.35. The molecule has 3 N–H and O–H groups in total. The Bertz CT molecular complexity index is 2550. The van der Waals surface area contributed by atoms with Crippen LogP contribution in [0, 0.1) is 0 Å². The molecule has 892 valence electrons. The van der Waals surface area contributed by atoms with Gasteiger partial charge in [-0.05, 0) is 31.3 Å². The van der Waals surface area contributed by atoms with Gasteiger partial charge in [0.15, 0.2) is 0 Å². The molecule has 0 radical (unpaired) electrons. The van der Waals surface area contributed by atoms with E-state index in [9.17, 15) is 24.0 Å². The minimum Gasteiger partial charge on any atom is -0.382 e. The minimum atomic E-state index is -0.348. The summed E-state index contributed by atoms with van der Waals surface area (Å²) in [6.45, 7) is 42.1. The number of carbonyl (C=O) groups excluding carboxylic acids is 5. The lowest BCUT2D eigenvalue weighted by Crippen LogP contribution is -2.36. The Morgan fingerprint density at radius 1 is 0.221 bits per heavy atom. The molecule has 0 saturated carbocycles. The Labute approximate surface area is 911 Å². The van der Waals surface area contributed by atoms with E-state index >= 15 is 0 Å². The van der Waals surface area contributed by atoms with Gasteiger partial charge in [-0.2, -0.15) is 11.8 Å². The highest BCUT2D eigenvalue weighted by Gasteiger charge is 2.38. The number of nitrogens with one attached hydrogen (secondary N) is 3. The molecule has 1 atom stereocenters. The molecule has 0 aliphatic carbocycles. The lowest BCUT2D eigenvalue weighted by molar-refractivity contribution is -0.138. The van der Waals surface area contributed by atoms with Gasteiger partial charge in [-0.15, -0.1) is 0 Å². The minimum absolute atomic E-state index is 0.0653. The third kappa shape index (κ3) is 138. The number of imide groups is 1. The fourth-order valence-electron chi connectivity index (χ4n) is 10.4. The summed E-state index contributed by atoms with van der Waals surface area (Å²) in [5.74, 6) is -1.01. The Balaban J connectivity index is -0.00000763. The number of likely N-dealkylation sites (tertiary alicyclic amines) is 1. The van der Waals surface area contributed by atoms with Crippen LogP contribution in [0.25, 0.3) is 0 Å². The molecule has 1 aliphatic rings. The van der Waals surface area contributed by atoms with Crippen molar-refractivity contribution in [2.45, 2.75) is 65.0 Å². The maximum absolute atomic E-state index is 12.1. The number of methoxy groups -OCH3 is 1. The van der Waals surface area contributed by atoms with Crippen molar-refractivity contribution in [3.05, 3.63) is 0 Å². The molecule has 0 aromatic heterocycles. The average Bonchev–Trinajstić information content (AvgIpc) is 1.69. The first kappa shape index (κ1) is 153. The highest BCUT2D eigenvalue weighted by molar-refractivity contribution is 8.76. The largest absolute Gasteiger partial charge is 0.382 e. The van der Waals surface area contributed by atoms with Gasteiger partial charge in [-0.3, -0.25) is 28.9 Å². The van der Waals surface area contributed by atoms with Gasteiger partial charge >= 0.3 is 0 Å². The number of ether oxygens (including phenoxy) is 37. The van der Waals surface area contributed by atoms with Crippen LogP contribution in [0.1, 0.15) is 59.8 Å². The standard InChI is InChI=1S/C89H172N4O42S.C3H8.2C2H6S2.C2H6/c1-99-15-16-104-23-24-108-31-32-112-39-40-116-47-48-120-55-56-124-61-62-126-65-66-128-69-70-130-73-74-132-77-78-134-81-82-135-80-79-133-76-75-131-72-71-129-68-67-127-64-63-125-60-59-123-54-51-119-46-43-115-38-35-111-30-27-107-22-19-103-14-8-92-86(95)4-10-100-12-6-91-87(96)5-11-101-17-20-105-25-28-109-33-36-113-41-44-117-49-52-121-57-58-122-53-50-118-45-42-114-37-34-110-29-26-106-21-18-102-13-7-90-85(94)3-9-93-88(97)83-84(136-2)89(93)98;1-3-2;2*1-3-4-2;1-2/h84H,3-83H2,1-2H3,(H,90,94)(H,91,96)(H,92,95);3H2,1-2H3;2*1-2H3;1-2H3. The maximum atomic E-state index is 12.1. The number of hydrogen-bond donors (Lipinski definition) is 3. The second-order valence-corrected chi connectivity index (χ2v) is 35.9. The highest BCUT2D eigenvalue weighted by atomic mass is 33.1. The van der Waals surface area contributed by atoms with Gasteiger partial charge in [0, 0.05) is 59.0 Å². The van der Waals surface area contributed by atoms with Crippen LogP contribution >= 0.6 is 54.9 Å². The Morgan fingerprint density at radius 3 is 0.483 bits per heavy atom. The van der Waals surface area contributed by atoms with Crippen LogP contribution in [0.2, 0.25) is 0 Å². The SMILES string of the molecule is CC.CCC.COCCOCCOCCOCCOCCOCCOCCOCCOCCOCCOCCOCCOCCOCCOCCOCCOCCOCCOCCOCCOCCOCCOCCOCCNC(=O)CCOCCNC(=O)CCOCCOCCOCCOCCOCCOCCOCCOCCOCCOCCOCCOCCNC(=O)CCN1C(=O)CC(SC)C1=O.CSSC.CSSC. The van der Waals surface area contributed by atoms with Gasteiger partial charge in [0.25, 0.3) is 0 Å². The van der Waals surface area contributed by atoms with Crippen molar-refractivity contribution in [1.82, 2.24) is 20.9 Å². The number of nitrogens with zero attached hydrogens (tertiary/aromatic N) is 1. The summed E-state index contributed by atoms with van der Waals surface area (Å²) in [7, 11) is 8.73. The monoisotopic (exact) mass is 2260 g/mol. The molecule has 1 fully saturated rings. The van der Waals surface area contributed by atoms with Crippen LogP contribution in [0.4, 0.5) is 0 Å². The van der Waals surface area contributed by atoms with Gasteiger partial charge in [-0.25, -0.2) is 0 Å². The van der Waals surface area contributed by atoms with E-state index in [4.69, 9.17) is 175 Å². The van der Waals surface area contributed by atoms with Crippen LogP contribution in [0.5, 0.6) is 0 Å². The van der Waals surface area contributed by atoms with Gasteiger partial charge in [0.2, 0.25) is 29.5 Å². The molecule has 1 rings (SSSR count). The molecule has 51 heteroatoms. The molecular weight excluding hydrogens is 2070 g/mol. The number of carbonyl (C=O) groups is 5. The summed E-state index contributed by atoms with van der Waals surface area (Å²) in [5.41, 5.74) is 0. The van der Waals surface area contributed by atoms with Crippen molar-refractivity contribution in [3.63, 3.8) is 0 Å². The lowest BCUT2D eigenvalue weighted by atomic mass is 10.3. The summed E-state index contributed by atoms with van der Waals surface area (Å²) in [5, 5.41) is 7.93. The zero-order valence-corrected chi connectivity index (χ0v) is 96.3. The van der Waals surface area contributed by atoms with Crippen LogP contribution in [0.3, 0.4) is 0 Å². The fourth-order valence-corrected chi connectivity index (χ4v) is 11.0. The van der Waals surface area contributed by atoms with Crippen molar-refractivity contribution in [1.29, 1.82) is 0 Å². The number of hydrogen-bond acceptors (Lipinski definition) is 47. The first-order valence-corrected chi connectivity index (χ1v) is 59.4. The quantitative estimate of drug-likeness (QED) is 0.0412. The predicted octanol–water partition coefficient (Wildman–Crippen LogP) is 4.94. The molecule has 0 bridgehead atoms. The van der Waals surface area contributed by atoms with E-state index in [1.54, 1.807) is 56.5 Å². The van der Waals surface area contributed by atoms with Crippen LogP contribution in [0.15, 0.2) is 0 Å². The Kier molecular flexibility index (Phi) is 148. The number of thioether (sulfide) groups is 1. The molecule has 1 heterocycles. The molecule has 0 spiro atoms. The van der Waals surface area contributed by atoms with Crippen LogP contribution < -0.4 is 16.0 Å². The van der Waals surface area contributed by atoms with Crippen molar-refractivity contribution in [3.8, 4) is 0 Å². The fraction of sp³-hybridized carbons (Fsp3) is 0.949. The molecule has 1 unspecified atom stereocenters. The Morgan fingerprint density at radius 2 is 0.349 bits per heavy atom. The van der Waals surface area contributed by atoms with E-state index in [2.05, 4.69) is 54.8 Å². The van der Waals surface area contributed by atoms with Gasteiger partial charge in [0.05, 0.1) is 488 Å². The van der Waals surface area contributed by atoms with E-state index in [1.165, 1.54) is 23.1 Å². The number of amides is 5. The van der Waals surface area contributed by atoms with Crippen molar-refractivity contribution in [2.75, 3.05) is 547 Å². The molecule has 1 saturated heterocycles. The first-order chi connectivity index (χ1) is 73.6. The van der Waals surface area contributed by atoms with E-state index in [1.807, 2.05) is 13.8 Å². The first-order valence-electron chi connectivity index (χ1n) is 52.2. The molecular formula is C98H198N4O42S5. The zero-order valence-electron chi connectivity index (χ0n) is 92.2. The van der Waals surface area contributed by atoms with Gasteiger partial charge < -0.3 is 191 Å². The molecule has 46 nitrogen and oxygen atoms in total. The molecule has 0 aromatic carbocycles. The smallest absolute Gasteiger partial charge is 0.242 e. The second-order valence-electron chi connectivity index (χ2n) is 29.5. The second kappa shape index (κ2) is 144. The molecule has 0 aromatic rings. The van der Waals surface area contributed by atoms with E-state index in [-0.39, 0.29) is 86.8 Å². The summed E-state index contributed by atoms with van der Waals surface area (Å²) in [6.07, 6.45) is 11.9. The summed E-state index contributed by atoms with van der Waals surface area (Å²) in [6, 6.07) is 0. The zero-order chi connectivity index (χ0) is 109. The molecule has 1 aliphatic heterocycles. The van der Waals surface area contributed by atoms with E-state index < -0.39 is 0 Å². The van der Waals surface area contributed by atoms with Crippen LogP contribution in [-0.4, -0.2) is 587 Å². The number of rotatable bonds is 123. The normalized spacial score (nSPS) is 12.3. The van der Waals surface area contributed by atoms with Crippen molar-refractivity contribution < 1.29 is 199 Å². The average molecular weight is 2260 g/mol. The van der Waals surface area contributed by atoms with Crippen molar-refractivity contribution >= 4 is 84.5 Å². The highest BCUT2D eigenvalue weighted by Crippen LogP contribution is 2.23.